The van der Waals surface area contributed by atoms with Gasteiger partial charge in [0.2, 0.25) is 17.7 Å². The molecule has 1 aromatic rings. The number of hydrogen-bond acceptors (Lipinski definition) is 5. The van der Waals surface area contributed by atoms with Crippen molar-refractivity contribution in [1.82, 2.24) is 4.90 Å². The average Bonchev–Trinajstić information content (AvgIpc) is 3.49. The van der Waals surface area contributed by atoms with Crippen LogP contribution in [0.2, 0.25) is 0 Å². The van der Waals surface area contributed by atoms with Gasteiger partial charge in [0.1, 0.15) is 6.54 Å². The molecule has 156 valence electrons. The van der Waals surface area contributed by atoms with Crippen LogP contribution in [0.5, 0.6) is 0 Å². The normalized spacial score (nSPS) is 32.8. The molecule has 1 heterocycles. The Bertz CT molecular complexity index is 930. The minimum absolute atomic E-state index is 0.146. The van der Waals surface area contributed by atoms with Gasteiger partial charge in [0, 0.05) is 5.69 Å². The van der Waals surface area contributed by atoms with E-state index in [1.807, 2.05) is 0 Å². The minimum atomic E-state index is -0.432. The summed E-state index contributed by atoms with van der Waals surface area (Å²) in [7, 11) is 0. The molecule has 0 radical (unpaired) electrons. The summed E-state index contributed by atoms with van der Waals surface area (Å²) in [5.41, 5.74) is 0.873. The summed E-state index contributed by atoms with van der Waals surface area (Å²) in [6.07, 6.45) is 5.12. The second-order valence-corrected chi connectivity index (χ2v) is 9.00. The van der Waals surface area contributed by atoms with Gasteiger partial charge in [-0.15, -0.1) is 0 Å². The Hall–Kier alpha value is -2.96. The maximum atomic E-state index is 12.9. The van der Waals surface area contributed by atoms with Crippen molar-refractivity contribution in [2.45, 2.75) is 26.4 Å². The quantitative estimate of drug-likeness (QED) is 0.458. The van der Waals surface area contributed by atoms with E-state index >= 15 is 0 Å². The first-order valence-electron chi connectivity index (χ1n) is 10.5. The van der Waals surface area contributed by atoms with Crippen LogP contribution in [0, 0.1) is 35.5 Å². The Labute approximate surface area is 174 Å². The Morgan fingerprint density at radius 2 is 1.60 bits per heavy atom. The number of esters is 1. The van der Waals surface area contributed by atoms with Crippen molar-refractivity contribution in [2.24, 2.45) is 35.5 Å². The van der Waals surface area contributed by atoms with Crippen LogP contribution in [-0.4, -0.2) is 41.2 Å². The highest BCUT2D eigenvalue weighted by atomic mass is 16.5. The van der Waals surface area contributed by atoms with E-state index in [0.717, 1.165) is 11.3 Å². The number of imide groups is 1. The number of carbonyl (C=O) groups is 4. The van der Waals surface area contributed by atoms with Crippen LogP contribution in [0.1, 0.15) is 30.6 Å². The average molecular weight is 408 g/mol. The molecule has 7 nitrogen and oxygen atoms in total. The lowest BCUT2D eigenvalue weighted by atomic mass is 9.63. The molecule has 1 N–H and O–H groups in total. The van der Waals surface area contributed by atoms with Crippen LogP contribution in [0.15, 0.2) is 36.4 Å². The predicted octanol–water partition coefficient (Wildman–Crippen LogP) is 2.24. The van der Waals surface area contributed by atoms with Gasteiger partial charge >= 0.3 is 5.97 Å². The summed E-state index contributed by atoms with van der Waals surface area (Å²) in [4.78, 5) is 51.4. The first-order chi connectivity index (χ1) is 14.3. The first-order valence-corrected chi connectivity index (χ1v) is 10.5. The van der Waals surface area contributed by atoms with Gasteiger partial charge in [-0.25, -0.2) is 4.79 Å². The molecule has 5 aliphatic rings. The molecule has 6 atom stereocenters. The maximum Gasteiger partial charge on any atom is 0.338 e. The van der Waals surface area contributed by atoms with Crippen molar-refractivity contribution < 1.29 is 23.9 Å². The minimum Gasteiger partial charge on any atom is -0.459 e. The fourth-order valence-electron chi connectivity index (χ4n) is 5.49. The van der Waals surface area contributed by atoms with E-state index in [4.69, 9.17) is 4.74 Å². The number of hydrogen-bond donors (Lipinski definition) is 1. The molecule has 1 aromatic carbocycles. The maximum absolute atomic E-state index is 12.9. The molecular formula is C23H24N2O5. The number of carbonyl (C=O) groups excluding carboxylic acids is 4. The summed E-state index contributed by atoms with van der Waals surface area (Å²) < 4.78 is 5.14. The summed E-state index contributed by atoms with van der Waals surface area (Å²) >= 11 is 0. The summed E-state index contributed by atoms with van der Waals surface area (Å²) in [6.45, 7) is 3.26. The zero-order valence-electron chi connectivity index (χ0n) is 16.9. The number of amides is 3. The predicted molar refractivity (Wildman–Crippen MR) is 107 cm³/mol. The van der Waals surface area contributed by atoms with Gasteiger partial charge in [-0.05, 0) is 68.2 Å². The molecule has 3 fully saturated rings. The fraction of sp³-hybridized carbons (Fsp3) is 0.478. The second-order valence-electron chi connectivity index (χ2n) is 9.00. The molecule has 2 saturated carbocycles. The molecule has 2 bridgehead atoms. The van der Waals surface area contributed by atoms with E-state index in [9.17, 15) is 19.2 Å². The van der Waals surface area contributed by atoms with Crippen LogP contribution >= 0.6 is 0 Å². The summed E-state index contributed by atoms with van der Waals surface area (Å²) in [5, 5.41) is 2.70. The number of rotatable bonds is 5. The lowest BCUT2D eigenvalue weighted by Gasteiger charge is -2.37. The number of likely N-dealkylation sites (tertiary alicyclic amines) is 1. The van der Waals surface area contributed by atoms with E-state index in [1.54, 1.807) is 38.1 Å². The Morgan fingerprint density at radius 3 is 2.13 bits per heavy atom. The van der Waals surface area contributed by atoms with Crippen molar-refractivity contribution in [3.05, 3.63) is 42.0 Å². The number of allylic oxidation sites excluding steroid dienone is 2. The molecule has 0 aromatic heterocycles. The number of nitrogens with zero attached hydrogens (tertiary/aromatic N) is 1. The highest BCUT2D eigenvalue weighted by molar-refractivity contribution is 6.09. The summed E-state index contributed by atoms with van der Waals surface area (Å²) in [5.74, 6) is -0.516. The highest BCUT2D eigenvalue weighted by Crippen LogP contribution is 2.65. The Morgan fingerprint density at radius 1 is 1.03 bits per heavy atom. The van der Waals surface area contributed by atoms with Crippen molar-refractivity contribution in [1.29, 1.82) is 0 Å². The Kier molecular flexibility index (Phi) is 4.31. The third-order valence-corrected chi connectivity index (χ3v) is 6.80. The van der Waals surface area contributed by atoms with Crippen molar-refractivity contribution in [2.75, 3.05) is 11.9 Å². The van der Waals surface area contributed by atoms with Crippen LogP contribution in [0.25, 0.3) is 0 Å². The molecule has 7 heteroatoms. The van der Waals surface area contributed by atoms with Gasteiger partial charge < -0.3 is 10.1 Å². The van der Waals surface area contributed by atoms with Crippen molar-refractivity contribution >= 4 is 29.4 Å². The number of anilines is 1. The molecule has 3 amide bonds. The van der Waals surface area contributed by atoms with Crippen LogP contribution < -0.4 is 5.32 Å². The zero-order chi connectivity index (χ0) is 21.2. The highest BCUT2D eigenvalue weighted by Gasteiger charge is 2.67. The fourth-order valence-corrected chi connectivity index (χ4v) is 5.49. The lowest BCUT2D eigenvalue weighted by molar-refractivity contribution is -0.142. The summed E-state index contributed by atoms with van der Waals surface area (Å²) in [6, 6.07) is 6.33. The van der Waals surface area contributed by atoms with Gasteiger partial charge in [0.15, 0.2) is 0 Å². The zero-order valence-corrected chi connectivity index (χ0v) is 16.9. The van der Waals surface area contributed by atoms with Gasteiger partial charge in [0.05, 0.1) is 23.5 Å². The van der Waals surface area contributed by atoms with Gasteiger partial charge in [-0.2, -0.15) is 0 Å². The van der Waals surface area contributed by atoms with Gasteiger partial charge in [-0.1, -0.05) is 12.2 Å². The number of benzene rings is 1. The monoisotopic (exact) mass is 408 g/mol. The first kappa shape index (κ1) is 19.0. The van der Waals surface area contributed by atoms with Gasteiger partial charge in [-0.3, -0.25) is 19.3 Å². The molecule has 30 heavy (non-hydrogen) atoms. The van der Waals surface area contributed by atoms with Crippen molar-refractivity contribution in [3.63, 3.8) is 0 Å². The van der Waals surface area contributed by atoms with E-state index < -0.39 is 11.9 Å². The SMILES string of the molecule is CC(C)OC(=O)c1ccc(NC(=O)CN2C(=O)[C@H]3[C@@H]4C=C[C@H]([C@H]5C[C@H]45)[C@@H]3C2=O)cc1. The smallest absolute Gasteiger partial charge is 0.338 e. The Balaban J connectivity index is 1.23. The van der Waals surface area contributed by atoms with Crippen molar-refractivity contribution in [3.8, 4) is 0 Å². The van der Waals surface area contributed by atoms with Crippen LogP contribution in [0.3, 0.4) is 0 Å². The van der Waals surface area contributed by atoms with E-state index in [1.165, 1.54) is 0 Å². The molecular weight excluding hydrogens is 384 g/mol. The van der Waals surface area contributed by atoms with Gasteiger partial charge in [0.25, 0.3) is 0 Å². The molecule has 0 spiro atoms. The lowest BCUT2D eigenvalue weighted by Crippen LogP contribution is -2.40. The number of nitrogens with one attached hydrogen (secondary N) is 1. The topological polar surface area (TPSA) is 92.8 Å². The van der Waals surface area contributed by atoms with Crippen LogP contribution in [-0.2, 0) is 19.1 Å². The third-order valence-electron chi connectivity index (χ3n) is 6.80. The standard InChI is InChI=1S/C23H24N2O5/c1-11(2)30-23(29)12-3-5-13(6-4-12)24-18(26)10-25-21(27)19-14-7-8-15(17-9-16(14)17)20(19)22(25)28/h3-8,11,14-17,19-20H,9-10H2,1-2H3,(H,24,26)/t14-,15-,16-,17-,19+,20+/m1/s1. The largest absolute Gasteiger partial charge is 0.459 e. The van der Waals surface area contributed by atoms with Crippen LogP contribution in [0.4, 0.5) is 5.69 Å². The molecule has 0 unspecified atom stereocenters. The molecule has 4 aliphatic carbocycles. The second kappa shape index (κ2) is 6.79. The van der Waals surface area contributed by atoms with E-state index in [2.05, 4.69) is 17.5 Å². The number of ether oxygens (including phenoxy) is 1. The molecule has 6 rings (SSSR count). The molecule has 1 saturated heterocycles. The van der Waals surface area contributed by atoms with E-state index in [-0.39, 0.29) is 48.1 Å². The van der Waals surface area contributed by atoms with E-state index in [0.29, 0.717) is 23.1 Å². The molecule has 1 aliphatic heterocycles. The third kappa shape index (κ3) is 2.95.